The molecule has 0 saturated carbocycles. The fraction of sp³-hybridized carbons (Fsp3) is 0.800. The van der Waals surface area contributed by atoms with E-state index in [-0.39, 0.29) is 30.1 Å². The number of ether oxygens (including phenoxy) is 3. The fourth-order valence-corrected chi connectivity index (χ4v) is 2.95. The van der Waals surface area contributed by atoms with Gasteiger partial charge in [-0.2, -0.15) is 0 Å². The van der Waals surface area contributed by atoms with Crippen LogP contribution in [0.5, 0.6) is 0 Å². The van der Waals surface area contributed by atoms with Crippen molar-refractivity contribution in [3.63, 3.8) is 0 Å². The van der Waals surface area contributed by atoms with Gasteiger partial charge in [-0.15, -0.1) is 0 Å². The quantitative estimate of drug-likeness (QED) is 0.687. The zero-order valence-corrected chi connectivity index (χ0v) is 17.3. The lowest BCUT2D eigenvalue weighted by Gasteiger charge is -2.36. The summed E-state index contributed by atoms with van der Waals surface area (Å²) in [7, 11) is 0. The van der Waals surface area contributed by atoms with E-state index in [4.69, 9.17) is 14.2 Å². The van der Waals surface area contributed by atoms with Gasteiger partial charge in [0, 0.05) is 24.0 Å². The number of alkyl carbamates (subject to hydrolysis) is 1. The number of nitrogens with one attached hydrogen (secondary N) is 1. The summed E-state index contributed by atoms with van der Waals surface area (Å²) in [5.41, 5.74) is -0.0327. The summed E-state index contributed by atoms with van der Waals surface area (Å²) >= 11 is 0. The number of carbonyl (C=O) groups is 2. The molecule has 0 bridgehead atoms. The number of rotatable bonds is 7. The van der Waals surface area contributed by atoms with E-state index in [1.807, 2.05) is 33.8 Å². The Balaban J connectivity index is 2.96. The van der Waals surface area contributed by atoms with Gasteiger partial charge >= 0.3 is 12.1 Å². The van der Waals surface area contributed by atoms with E-state index in [1.165, 1.54) is 0 Å². The maximum atomic E-state index is 12.2. The molecule has 0 spiro atoms. The second-order valence-corrected chi connectivity index (χ2v) is 7.77. The Morgan fingerprint density at radius 3 is 2.35 bits per heavy atom. The summed E-state index contributed by atoms with van der Waals surface area (Å²) in [5.74, 6) is -0.338. The van der Waals surface area contributed by atoms with Crippen LogP contribution < -0.4 is 5.32 Å². The van der Waals surface area contributed by atoms with Crippen LogP contribution in [0.3, 0.4) is 0 Å². The van der Waals surface area contributed by atoms with Crippen molar-refractivity contribution in [2.45, 2.75) is 91.6 Å². The molecule has 0 radical (unpaired) electrons. The first kappa shape index (κ1) is 22.5. The van der Waals surface area contributed by atoms with Gasteiger partial charge in [-0.25, -0.2) is 9.59 Å². The highest BCUT2D eigenvalue weighted by Gasteiger charge is 2.36. The average molecular weight is 370 g/mol. The van der Waals surface area contributed by atoms with Gasteiger partial charge in [0.15, 0.2) is 0 Å². The third-order valence-electron chi connectivity index (χ3n) is 4.46. The molecule has 150 valence electrons. The van der Waals surface area contributed by atoms with Crippen LogP contribution in [0.4, 0.5) is 4.79 Å². The first-order valence-electron chi connectivity index (χ1n) is 9.64. The molecule has 6 heteroatoms. The number of hydrogen-bond acceptors (Lipinski definition) is 5. The van der Waals surface area contributed by atoms with Crippen molar-refractivity contribution < 1.29 is 23.8 Å². The molecule has 0 saturated heterocycles. The fourth-order valence-electron chi connectivity index (χ4n) is 2.95. The molecule has 1 aliphatic carbocycles. The van der Waals surface area contributed by atoms with Gasteiger partial charge in [-0.1, -0.05) is 20.8 Å². The van der Waals surface area contributed by atoms with Crippen molar-refractivity contribution in [1.82, 2.24) is 5.32 Å². The molecule has 6 nitrogen and oxygen atoms in total. The molecule has 1 amide bonds. The molecule has 0 aromatic rings. The molecule has 1 rings (SSSR count). The van der Waals surface area contributed by atoms with E-state index in [9.17, 15) is 9.59 Å². The van der Waals surface area contributed by atoms with Gasteiger partial charge in [0.1, 0.15) is 5.60 Å². The smallest absolute Gasteiger partial charge is 0.407 e. The lowest BCUT2D eigenvalue weighted by molar-refractivity contribution is -0.139. The minimum Gasteiger partial charge on any atom is -0.463 e. The van der Waals surface area contributed by atoms with Crippen LogP contribution in [0.2, 0.25) is 0 Å². The average Bonchev–Trinajstić information content (AvgIpc) is 2.54. The Bertz CT molecular complexity index is 505. The Kier molecular flexibility index (Phi) is 8.60. The standard InChI is InChI=1S/C20H35NO5/c1-8-15(9-2)25-17-12-14(18(22)24-10-3)11-16(13(17)4)21-19(23)26-20(5,6)7/h12-13,15-17H,8-11H2,1-7H3,(H,21,23)/t13-,16+,17-/m1/s1. The van der Waals surface area contributed by atoms with Gasteiger partial charge in [0.05, 0.1) is 18.8 Å². The van der Waals surface area contributed by atoms with Gasteiger partial charge in [-0.05, 0) is 46.6 Å². The largest absolute Gasteiger partial charge is 0.463 e. The van der Waals surface area contributed by atoms with Gasteiger partial charge in [0.2, 0.25) is 0 Å². The summed E-state index contributed by atoms with van der Waals surface area (Å²) in [6, 6.07) is -0.256. The molecule has 26 heavy (non-hydrogen) atoms. The highest BCUT2D eigenvalue weighted by molar-refractivity contribution is 5.89. The van der Waals surface area contributed by atoms with Crippen LogP contribution in [-0.2, 0) is 19.0 Å². The molecule has 0 unspecified atom stereocenters. The minimum atomic E-state index is -0.576. The number of esters is 1. The zero-order chi connectivity index (χ0) is 19.9. The monoisotopic (exact) mass is 369 g/mol. The highest BCUT2D eigenvalue weighted by atomic mass is 16.6. The second kappa shape index (κ2) is 9.95. The molecule has 1 aliphatic rings. The molecular weight excluding hydrogens is 334 g/mol. The Labute approximate surface area is 157 Å². The summed E-state index contributed by atoms with van der Waals surface area (Å²) < 4.78 is 16.7. The molecule has 0 aliphatic heterocycles. The molecule has 0 heterocycles. The zero-order valence-electron chi connectivity index (χ0n) is 17.3. The van der Waals surface area contributed by atoms with Crippen molar-refractivity contribution in [2.24, 2.45) is 5.92 Å². The van der Waals surface area contributed by atoms with Crippen LogP contribution in [-0.4, -0.2) is 42.5 Å². The van der Waals surface area contributed by atoms with Crippen molar-refractivity contribution in [2.75, 3.05) is 6.61 Å². The number of amides is 1. The topological polar surface area (TPSA) is 73.9 Å². The maximum Gasteiger partial charge on any atom is 0.407 e. The summed E-state index contributed by atoms with van der Waals surface area (Å²) in [6.45, 7) is 13.7. The lowest BCUT2D eigenvalue weighted by Crippen LogP contribution is -2.49. The molecule has 3 atom stereocenters. The molecule has 0 fully saturated rings. The van der Waals surface area contributed by atoms with Crippen LogP contribution in [0.15, 0.2) is 11.6 Å². The van der Waals surface area contributed by atoms with E-state index in [0.717, 1.165) is 12.8 Å². The van der Waals surface area contributed by atoms with Crippen LogP contribution in [0.25, 0.3) is 0 Å². The third-order valence-corrected chi connectivity index (χ3v) is 4.46. The van der Waals surface area contributed by atoms with Crippen LogP contribution in [0.1, 0.15) is 67.7 Å². The molecular formula is C20H35NO5. The first-order chi connectivity index (χ1) is 12.1. The van der Waals surface area contributed by atoms with E-state index >= 15 is 0 Å². The van der Waals surface area contributed by atoms with Crippen LogP contribution >= 0.6 is 0 Å². The third kappa shape index (κ3) is 6.98. The van der Waals surface area contributed by atoms with E-state index in [0.29, 0.717) is 18.6 Å². The van der Waals surface area contributed by atoms with Crippen molar-refractivity contribution >= 4 is 12.1 Å². The molecule has 0 aromatic carbocycles. The number of carbonyl (C=O) groups excluding carboxylic acids is 2. The number of hydrogen-bond donors (Lipinski definition) is 1. The maximum absolute atomic E-state index is 12.2. The van der Waals surface area contributed by atoms with Crippen molar-refractivity contribution in [1.29, 1.82) is 0 Å². The lowest BCUT2D eigenvalue weighted by atomic mass is 9.83. The summed E-state index contributed by atoms with van der Waals surface area (Å²) in [4.78, 5) is 24.5. The van der Waals surface area contributed by atoms with Crippen molar-refractivity contribution in [3.05, 3.63) is 11.6 Å². The predicted molar refractivity (Wildman–Crippen MR) is 101 cm³/mol. The van der Waals surface area contributed by atoms with E-state index in [2.05, 4.69) is 19.2 Å². The SMILES string of the molecule is CCOC(=O)C1=C[C@@H](OC(CC)CC)[C@H](C)[C@@H](NC(=O)OC(C)(C)C)C1. The Morgan fingerprint density at radius 1 is 1.23 bits per heavy atom. The van der Waals surface area contributed by atoms with E-state index in [1.54, 1.807) is 6.92 Å². The van der Waals surface area contributed by atoms with Gasteiger partial charge in [-0.3, -0.25) is 0 Å². The predicted octanol–water partition coefficient (Wildman–Crippen LogP) is 3.98. The summed E-state index contributed by atoms with van der Waals surface area (Å²) in [6.07, 6.45) is 3.42. The Hall–Kier alpha value is -1.56. The molecule has 0 aromatic heterocycles. The van der Waals surface area contributed by atoms with Crippen molar-refractivity contribution in [3.8, 4) is 0 Å². The Morgan fingerprint density at radius 2 is 1.85 bits per heavy atom. The minimum absolute atomic E-state index is 0.0151. The van der Waals surface area contributed by atoms with E-state index < -0.39 is 11.7 Å². The normalized spacial score (nSPS) is 23.4. The second-order valence-electron chi connectivity index (χ2n) is 7.77. The first-order valence-corrected chi connectivity index (χ1v) is 9.64. The molecule has 1 N–H and O–H groups in total. The highest BCUT2D eigenvalue weighted by Crippen LogP contribution is 2.29. The summed E-state index contributed by atoms with van der Waals surface area (Å²) in [5, 5.41) is 2.90. The van der Waals surface area contributed by atoms with Gasteiger partial charge < -0.3 is 19.5 Å². The van der Waals surface area contributed by atoms with Crippen LogP contribution in [0, 0.1) is 5.92 Å². The van der Waals surface area contributed by atoms with Gasteiger partial charge in [0.25, 0.3) is 0 Å².